The molecule has 20 heavy (non-hydrogen) atoms. The van der Waals surface area contributed by atoms with Gasteiger partial charge in [-0.3, -0.25) is 0 Å². The van der Waals surface area contributed by atoms with Crippen molar-refractivity contribution in [2.75, 3.05) is 7.11 Å². The number of esters is 1. The first-order chi connectivity index (χ1) is 9.61. The van der Waals surface area contributed by atoms with E-state index in [0.717, 1.165) is 0 Å². The van der Waals surface area contributed by atoms with Crippen LogP contribution in [-0.2, 0) is 0 Å². The Morgan fingerprint density at radius 3 is 2.40 bits per heavy atom. The minimum Gasteiger partial charge on any atom is -0.493 e. The third-order valence-electron chi connectivity index (χ3n) is 2.69. The summed E-state index contributed by atoms with van der Waals surface area (Å²) < 4.78 is 10.3. The Bertz CT molecular complexity index is 612. The molecule has 0 fully saturated rings. The van der Waals surface area contributed by atoms with Crippen molar-refractivity contribution in [2.45, 2.75) is 0 Å². The van der Waals surface area contributed by atoms with Crippen molar-refractivity contribution in [3.63, 3.8) is 0 Å². The third kappa shape index (κ3) is 3.17. The van der Waals surface area contributed by atoms with Gasteiger partial charge in [-0.15, -0.1) is 0 Å². The fourth-order valence-corrected chi connectivity index (χ4v) is 1.69. The summed E-state index contributed by atoms with van der Waals surface area (Å²) in [6.07, 6.45) is 0. The normalized spacial score (nSPS) is 9.95. The summed E-state index contributed by atoms with van der Waals surface area (Å²) in [6.45, 7) is 0. The average Bonchev–Trinajstić information content (AvgIpc) is 2.48. The SMILES string of the molecule is COc1ccccc1OC(=O)c1cccc(B(O)O)c1. The van der Waals surface area contributed by atoms with Gasteiger partial charge in [0.15, 0.2) is 11.5 Å². The highest BCUT2D eigenvalue weighted by atomic mass is 16.6. The van der Waals surface area contributed by atoms with Gasteiger partial charge in [0.2, 0.25) is 0 Å². The Kier molecular flexibility index (Phi) is 4.39. The first-order valence-corrected chi connectivity index (χ1v) is 5.93. The number of para-hydroxylation sites is 2. The van der Waals surface area contributed by atoms with Gasteiger partial charge >= 0.3 is 13.1 Å². The quantitative estimate of drug-likeness (QED) is 0.484. The van der Waals surface area contributed by atoms with Crippen molar-refractivity contribution in [3.8, 4) is 11.5 Å². The van der Waals surface area contributed by atoms with Crippen LogP contribution in [0.4, 0.5) is 0 Å². The van der Waals surface area contributed by atoms with E-state index in [1.165, 1.54) is 25.3 Å². The topological polar surface area (TPSA) is 76.0 Å². The predicted octanol–water partition coefficient (Wildman–Crippen LogP) is 0.594. The van der Waals surface area contributed by atoms with E-state index in [9.17, 15) is 4.79 Å². The molecule has 0 aliphatic heterocycles. The molecule has 0 aliphatic carbocycles. The largest absolute Gasteiger partial charge is 0.493 e. The van der Waals surface area contributed by atoms with E-state index in [2.05, 4.69) is 0 Å². The summed E-state index contributed by atoms with van der Waals surface area (Å²) in [5, 5.41) is 18.2. The van der Waals surface area contributed by atoms with Crippen molar-refractivity contribution in [1.29, 1.82) is 0 Å². The van der Waals surface area contributed by atoms with Crippen LogP contribution < -0.4 is 14.9 Å². The van der Waals surface area contributed by atoms with Gasteiger partial charge in [0.05, 0.1) is 12.7 Å². The molecular formula is C14H13BO5. The number of hydrogen-bond acceptors (Lipinski definition) is 5. The van der Waals surface area contributed by atoms with E-state index in [0.29, 0.717) is 11.5 Å². The number of carbonyl (C=O) groups excluding carboxylic acids is 1. The fraction of sp³-hybridized carbons (Fsp3) is 0.0714. The zero-order valence-corrected chi connectivity index (χ0v) is 10.8. The summed E-state index contributed by atoms with van der Waals surface area (Å²) in [7, 11) is -0.149. The molecule has 2 aromatic carbocycles. The number of hydrogen-bond donors (Lipinski definition) is 2. The molecule has 2 aromatic rings. The fourth-order valence-electron chi connectivity index (χ4n) is 1.69. The lowest BCUT2D eigenvalue weighted by Crippen LogP contribution is -2.30. The summed E-state index contributed by atoms with van der Waals surface area (Å²) in [6, 6.07) is 12.7. The average molecular weight is 272 g/mol. The monoisotopic (exact) mass is 272 g/mol. The van der Waals surface area contributed by atoms with Crippen LogP contribution in [0.3, 0.4) is 0 Å². The first kappa shape index (κ1) is 14.1. The summed E-state index contributed by atoms with van der Waals surface area (Å²) in [5.41, 5.74) is 0.445. The van der Waals surface area contributed by atoms with Gasteiger partial charge in [-0.05, 0) is 29.7 Å². The molecule has 0 saturated heterocycles. The lowest BCUT2D eigenvalue weighted by Gasteiger charge is -2.09. The molecule has 102 valence electrons. The Labute approximate surface area is 116 Å². The van der Waals surface area contributed by atoms with Crippen molar-refractivity contribution < 1.29 is 24.3 Å². The van der Waals surface area contributed by atoms with Crippen LogP contribution in [0, 0.1) is 0 Å². The van der Waals surface area contributed by atoms with E-state index in [1.807, 2.05) is 0 Å². The molecule has 0 heterocycles. The number of rotatable bonds is 4. The summed E-state index contributed by atoms with van der Waals surface area (Å²) in [4.78, 5) is 12.0. The molecular weight excluding hydrogens is 259 g/mol. The Hall–Kier alpha value is -2.31. The van der Waals surface area contributed by atoms with Gasteiger partial charge in [0, 0.05) is 0 Å². The molecule has 2 rings (SSSR count). The maximum Gasteiger partial charge on any atom is 0.488 e. The first-order valence-electron chi connectivity index (χ1n) is 5.93. The number of ether oxygens (including phenoxy) is 2. The minimum absolute atomic E-state index is 0.222. The van der Waals surface area contributed by atoms with Gasteiger partial charge < -0.3 is 19.5 Å². The van der Waals surface area contributed by atoms with Crippen molar-refractivity contribution in [3.05, 3.63) is 54.1 Å². The van der Waals surface area contributed by atoms with Crippen LogP contribution >= 0.6 is 0 Å². The number of methoxy groups -OCH3 is 1. The smallest absolute Gasteiger partial charge is 0.488 e. The van der Waals surface area contributed by atoms with Crippen molar-refractivity contribution >= 4 is 18.6 Å². The molecule has 0 aliphatic rings. The van der Waals surface area contributed by atoms with E-state index >= 15 is 0 Å². The molecule has 0 unspecified atom stereocenters. The van der Waals surface area contributed by atoms with Crippen molar-refractivity contribution in [1.82, 2.24) is 0 Å². The van der Waals surface area contributed by atoms with Crippen LogP contribution in [0.15, 0.2) is 48.5 Å². The molecule has 0 aromatic heterocycles. The van der Waals surface area contributed by atoms with Gasteiger partial charge in [-0.2, -0.15) is 0 Å². The zero-order chi connectivity index (χ0) is 14.5. The Morgan fingerprint density at radius 1 is 1.05 bits per heavy atom. The van der Waals surface area contributed by atoms with Crippen LogP contribution in [0.5, 0.6) is 11.5 Å². The maximum absolute atomic E-state index is 12.0. The Balaban J connectivity index is 2.22. The standard InChI is InChI=1S/C14H13BO5/c1-19-12-7-2-3-8-13(12)20-14(16)10-5-4-6-11(9-10)15(17)18/h2-9,17-18H,1H3. The molecule has 5 nitrogen and oxygen atoms in total. The molecule has 0 bridgehead atoms. The molecule has 2 N–H and O–H groups in total. The molecule has 0 atom stereocenters. The lowest BCUT2D eigenvalue weighted by molar-refractivity contribution is 0.0730. The van der Waals surface area contributed by atoms with E-state index in [-0.39, 0.29) is 11.0 Å². The summed E-state index contributed by atoms with van der Waals surface area (Å²) >= 11 is 0. The highest BCUT2D eigenvalue weighted by Gasteiger charge is 2.16. The third-order valence-corrected chi connectivity index (χ3v) is 2.69. The molecule has 0 saturated carbocycles. The number of carbonyl (C=O) groups is 1. The number of benzene rings is 2. The molecule has 0 amide bonds. The van der Waals surface area contributed by atoms with E-state index in [1.54, 1.807) is 30.3 Å². The highest BCUT2D eigenvalue weighted by Crippen LogP contribution is 2.26. The second kappa shape index (κ2) is 6.23. The lowest BCUT2D eigenvalue weighted by atomic mass is 9.80. The van der Waals surface area contributed by atoms with E-state index in [4.69, 9.17) is 19.5 Å². The second-order valence-electron chi connectivity index (χ2n) is 4.04. The predicted molar refractivity (Wildman–Crippen MR) is 74.2 cm³/mol. The van der Waals surface area contributed by atoms with Crippen LogP contribution in [-0.4, -0.2) is 30.2 Å². The van der Waals surface area contributed by atoms with Crippen LogP contribution in [0.1, 0.15) is 10.4 Å². The molecule has 0 radical (unpaired) electrons. The van der Waals surface area contributed by atoms with Crippen LogP contribution in [0.25, 0.3) is 0 Å². The van der Waals surface area contributed by atoms with Gasteiger partial charge in [-0.1, -0.05) is 24.3 Å². The second-order valence-corrected chi connectivity index (χ2v) is 4.04. The molecule has 0 spiro atoms. The molecule has 6 heteroatoms. The maximum atomic E-state index is 12.0. The highest BCUT2D eigenvalue weighted by molar-refractivity contribution is 6.58. The summed E-state index contributed by atoms with van der Waals surface area (Å²) in [5.74, 6) is 0.145. The Morgan fingerprint density at radius 2 is 1.75 bits per heavy atom. The van der Waals surface area contributed by atoms with Gasteiger partial charge in [0.1, 0.15) is 0 Å². The minimum atomic E-state index is -1.63. The zero-order valence-electron chi connectivity index (χ0n) is 10.8. The van der Waals surface area contributed by atoms with Gasteiger partial charge in [-0.25, -0.2) is 4.79 Å². The van der Waals surface area contributed by atoms with Gasteiger partial charge in [0.25, 0.3) is 0 Å². The van der Waals surface area contributed by atoms with E-state index < -0.39 is 13.1 Å². The van der Waals surface area contributed by atoms with Crippen molar-refractivity contribution in [2.24, 2.45) is 0 Å². The van der Waals surface area contributed by atoms with Crippen LogP contribution in [0.2, 0.25) is 0 Å².